The molecule has 4 heteroatoms. The monoisotopic (exact) mass is 232 g/mol. The predicted molar refractivity (Wildman–Crippen MR) is 64.5 cm³/mol. The first-order chi connectivity index (χ1) is 8.04. The highest BCUT2D eigenvalue weighted by molar-refractivity contribution is 5.66. The summed E-state index contributed by atoms with van der Waals surface area (Å²) in [6, 6.07) is 9.57. The Morgan fingerprint density at radius 2 is 2.06 bits per heavy atom. The molecule has 0 bridgehead atoms. The molecular formula is C13H16N2O2. The zero-order chi connectivity index (χ0) is 12.8. The molecule has 0 aliphatic rings. The molecule has 1 aromatic rings. The summed E-state index contributed by atoms with van der Waals surface area (Å²) < 4.78 is 0. The molecule has 0 aliphatic carbocycles. The van der Waals surface area contributed by atoms with Crippen LogP contribution in [-0.4, -0.2) is 29.6 Å². The maximum Gasteiger partial charge on any atom is 0.304 e. The molecule has 0 aromatic heterocycles. The van der Waals surface area contributed by atoms with Gasteiger partial charge in [-0.3, -0.25) is 9.69 Å². The zero-order valence-corrected chi connectivity index (χ0v) is 10.1. The molecule has 1 N–H and O–H groups in total. The van der Waals surface area contributed by atoms with Crippen molar-refractivity contribution in [2.45, 2.75) is 19.4 Å². The summed E-state index contributed by atoms with van der Waals surface area (Å²) in [4.78, 5) is 12.5. The standard InChI is InChI=1S/C13H16N2O2/c1-10(15(2)8-7-13(16)17)12-5-3-11(9-14)4-6-12/h3-6,10H,7-8H2,1-2H3,(H,16,17). The second-order valence-corrected chi connectivity index (χ2v) is 4.03. The van der Waals surface area contributed by atoms with Crippen molar-refractivity contribution in [3.05, 3.63) is 35.4 Å². The molecule has 0 spiro atoms. The first-order valence-electron chi connectivity index (χ1n) is 5.46. The third kappa shape index (κ3) is 3.89. The van der Waals surface area contributed by atoms with Crippen molar-refractivity contribution in [1.29, 1.82) is 5.26 Å². The van der Waals surface area contributed by atoms with Gasteiger partial charge in [0.05, 0.1) is 18.1 Å². The molecule has 0 saturated heterocycles. The number of nitriles is 1. The summed E-state index contributed by atoms with van der Waals surface area (Å²) in [6.45, 7) is 2.53. The van der Waals surface area contributed by atoms with E-state index in [4.69, 9.17) is 10.4 Å². The van der Waals surface area contributed by atoms with Crippen LogP contribution in [0.15, 0.2) is 24.3 Å². The molecule has 1 rings (SSSR count). The van der Waals surface area contributed by atoms with Crippen LogP contribution in [0.5, 0.6) is 0 Å². The zero-order valence-electron chi connectivity index (χ0n) is 10.1. The van der Waals surface area contributed by atoms with Crippen molar-refractivity contribution in [3.8, 4) is 6.07 Å². The maximum atomic E-state index is 10.5. The highest BCUT2D eigenvalue weighted by atomic mass is 16.4. The summed E-state index contributed by atoms with van der Waals surface area (Å²) >= 11 is 0. The van der Waals surface area contributed by atoms with E-state index >= 15 is 0 Å². The number of carbonyl (C=O) groups is 1. The van der Waals surface area contributed by atoms with E-state index in [0.29, 0.717) is 12.1 Å². The number of carboxylic acid groups (broad SMARTS) is 1. The topological polar surface area (TPSA) is 64.3 Å². The Morgan fingerprint density at radius 1 is 1.47 bits per heavy atom. The van der Waals surface area contributed by atoms with E-state index in [1.165, 1.54) is 0 Å². The Hall–Kier alpha value is -1.86. The Morgan fingerprint density at radius 3 is 2.53 bits per heavy atom. The van der Waals surface area contributed by atoms with Crippen LogP contribution in [0.3, 0.4) is 0 Å². The summed E-state index contributed by atoms with van der Waals surface area (Å²) in [5.74, 6) is -0.788. The van der Waals surface area contributed by atoms with Crippen LogP contribution in [-0.2, 0) is 4.79 Å². The van der Waals surface area contributed by atoms with E-state index in [2.05, 4.69) is 6.07 Å². The van der Waals surface area contributed by atoms with Crippen LogP contribution < -0.4 is 0 Å². The summed E-state index contributed by atoms with van der Waals surface area (Å²) in [7, 11) is 1.89. The molecule has 0 radical (unpaired) electrons. The van der Waals surface area contributed by atoms with Gasteiger partial charge < -0.3 is 5.11 Å². The molecule has 0 aliphatic heterocycles. The minimum Gasteiger partial charge on any atom is -0.481 e. The van der Waals surface area contributed by atoms with Crippen LogP contribution in [0, 0.1) is 11.3 Å². The maximum absolute atomic E-state index is 10.5. The van der Waals surface area contributed by atoms with E-state index in [9.17, 15) is 4.79 Å². The molecule has 17 heavy (non-hydrogen) atoms. The fourth-order valence-corrected chi connectivity index (χ4v) is 1.56. The number of nitrogens with zero attached hydrogens (tertiary/aromatic N) is 2. The molecule has 0 heterocycles. The largest absolute Gasteiger partial charge is 0.481 e. The van der Waals surface area contributed by atoms with Crippen LogP contribution in [0.25, 0.3) is 0 Å². The van der Waals surface area contributed by atoms with Gasteiger partial charge in [0.1, 0.15) is 0 Å². The van der Waals surface area contributed by atoms with Gasteiger partial charge >= 0.3 is 5.97 Å². The quantitative estimate of drug-likeness (QED) is 0.843. The first kappa shape index (κ1) is 13.2. The van der Waals surface area contributed by atoms with Gasteiger partial charge in [-0.1, -0.05) is 12.1 Å². The highest BCUT2D eigenvalue weighted by Gasteiger charge is 2.12. The third-order valence-electron chi connectivity index (χ3n) is 2.86. The van der Waals surface area contributed by atoms with Gasteiger partial charge in [0, 0.05) is 12.6 Å². The van der Waals surface area contributed by atoms with Crippen LogP contribution >= 0.6 is 0 Å². The minimum absolute atomic E-state index is 0.136. The van der Waals surface area contributed by atoms with Crippen molar-refractivity contribution < 1.29 is 9.90 Å². The Kier molecular flexibility index (Phi) is 4.68. The van der Waals surface area contributed by atoms with Gasteiger partial charge in [-0.15, -0.1) is 0 Å². The van der Waals surface area contributed by atoms with Crippen LogP contribution in [0.4, 0.5) is 0 Å². The Balaban J connectivity index is 2.64. The van der Waals surface area contributed by atoms with E-state index < -0.39 is 5.97 Å². The third-order valence-corrected chi connectivity index (χ3v) is 2.86. The number of hydrogen-bond acceptors (Lipinski definition) is 3. The lowest BCUT2D eigenvalue weighted by Gasteiger charge is -2.24. The molecular weight excluding hydrogens is 216 g/mol. The van der Waals surface area contributed by atoms with Crippen LogP contribution in [0.1, 0.15) is 30.5 Å². The average molecular weight is 232 g/mol. The van der Waals surface area contributed by atoms with Gasteiger partial charge in [0.25, 0.3) is 0 Å². The van der Waals surface area contributed by atoms with Crippen molar-refractivity contribution in [2.24, 2.45) is 0 Å². The molecule has 1 aromatic carbocycles. The molecule has 0 amide bonds. The van der Waals surface area contributed by atoms with E-state index in [1.54, 1.807) is 12.1 Å². The molecule has 1 unspecified atom stereocenters. The lowest BCUT2D eigenvalue weighted by Crippen LogP contribution is -2.25. The van der Waals surface area contributed by atoms with Gasteiger partial charge in [-0.2, -0.15) is 5.26 Å². The van der Waals surface area contributed by atoms with Crippen molar-refractivity contribution >= 4 is 5.97 Å². The number of carboxylic acids is 1. The van der Waals surface area contributed by atoms with E-state index in [0.717, 1.165) is 5.56 Å². The van der Waals surface area contributed by atoms with Crippen molar-refractivity contribution in [2.75, 3.05) is 13.6 Å². The number of aliphatic carboxylic acids is 1. The van der Waals surface area contributed by atoms with E-state index in [1.807, 2.05) is 31.0 Å². The number of benzene rings is 1. The Labute approximate surface area is 101 Å². The smallest absolute Gasteiger partial charge is 0.304 e. The second kappa shape index (κ2) is 6.02. The lowest BCUT2D eigenvalue weighted by molar-refractivity contribution is -0.137. The summed E-state index contributed by atoms with van der Waals surface area (Å²) in [6.07, 6.45) is 0.136. The molecule has 90 valence electrons. The first-order valence-corrected chi connectivity index (χ1v) is 5.46. The second-order valence-electron chi connectivity index (χ2n) is 4.03. The van der Waals surface area contributed by atoms with Gasteiger partial charge in [-0.25, -0.2) is 0 Å². The SMILES string of the molecule is CC(c1ccc(C#N)cc1)N(C)CCC(=O)O. The van der Waals surface area contributed by atoms with E-state index in [-0.39, 0.29) is 12.5 Å². The number of hydrogen-bond donors (Lipinski definition) is 1. The molecule has 0 saturated carbocycles. The van der Waals surface area contributed by atoms with Gasteiger partial charge in [-0.05, 0) is 31.7 Å². The predicted octanol–water partition coefficient (Wildman–Crippen LogP) is 2.03. The van der Waals surface area contributed by atoms with Gasteiger partial charge in [0.2, 0.25) is 0 Å². The van der Waals surface area contributed by atoms with Gasteiger partial charge in [0.15, 0.2) is 0 Å². The number of rotatable bonds is 5. The fraction of sp³-hybridized carbons (Fsp3) is 0.385. The van der Waals surface area contributed by atoms with Crippen LogP contribution in [0.2, 0.25) is 0 Å². The molecule has 4 nitrogen and oxygen atoms in total. The lowest BCUT2D eigenvalue weighted by atomic mass is 10.1. The van der Waals surface area contributed by atoms with Crippen molar-refractivity contribution in [3.63, 3.8) is 0 Å². The van der Waals surface area contributed by atoms with Crippen molar-refractivity contribution in [1.82, 2.24) is 4.90 Å². The molecule has 1 atom stereocenters. The average Bonchev–Trinajstić information content (AvgIpc) is 2.35. The summed E-state index contributed by atoms with van der Waals surface area (Å²) in [5.41, 5.74) is 1.71. The normalized spacial score (nSPS) is 12.1. The Bertz CT molecular complexity index is 420. The minimum atomic E-state index is -0.788. The summed E-state index contributed by atoms with van der Waals surface area (Å²) in [5, 5.41) is 17.3. The molecule has 0 fully saturated rings. The highest BCUT2D eigenvalue weighted by Crippen LogP contribution is 2.19. The fourth-order valence-electron chi connectivity index (χ4n) is 1.56.